The minimum absolute atomic E-state index is 0.0645. The number of ether oxygens (including phenoxy) is 1. The molecule has 0 N–H and O–H groups in total. The van der Waals surface area contributed by atoms with Crippen LogP contribution >= 0.6 is 23.1 Å². The van der Waals surface area contributed by atoms with Crippen LogP contribution in [0.25, 0.3) is 10.2 Å². The van der Waals surface area contributed by atoms with E-state index in [-0.39, 0.29) is 16.5 Å². The van der Waals surface area contributed by atoms with E-state index < -0.39 is 0 Å². The summed E-state index contributed by atoms with van der Waals surface area (Å²) in [5.41, 5.74) is 2.92. The Bertz CT molecular complexity index is 1240. The number of carbonyl (C=O) groups excluding carboxylic acids is 1. The largest absolute Gasteiger partial charge is 0.378 e. The highest BCUT2D eigenvalue weighted by Gasteiger charge is 2.21. The molecule has 1 aromatic heterocycles. The number of fused-ring (bicyclic) bond motifs is 1. The van der Waals surface area contributed by atoms with Gasteiger partial charge in [0.15, 0.2) is 4.34 Å². The summed E-state index contributed by atoms with van der Waals surface area (Å²) in [6, 6.07) is 10.9. The highest BCUT2D eigenvalue weighted by molar-refractivity contribution is 8.01. The number of anilines is 1. The van der Waals surface area contributed by atoms with Crippen LogP contribution in [0.1, 0.15) is 19.4 Å². The molecule has 0 unspecified atom stereocenters. The molecule has 1 aliphatic heterocycles. The summed E-state index contributed by atoms with van der Waals surface area (Å²) in [4.78, 5) is 36.5. The topological polar surface area (TPSA) is 101 Å². The Labute approximate surface area is 212 Å². The Morgan fingerprint density at radius 2 is 2.03 bits per heavy atom. The van der Waals surface area contributed by atoms with Gasteiger partial charge in [0.1, 0.15) is 5.69 Å². The Morgan fingerprint density at radius 1 is 1.26 bits per heavy atom. The molecule has 1 saturated heterocycles. The average Bonchev–Trinajstić information content (AvgIpc) is 3.29. The van der Waals surface area contributed by atoms with Crippen molar-refractivity contribution in [3.05, 3.63) is 52.1 Å². The minimum atomic E-state index is -0.351. The molecule has 1 amide bonds. The molecule has 0 radical (unpaired) electrons. The van der Waals surface area contributed by atoms with E-state index in [0.29, 0.717) is 56.4 Å². The molecular formula is C24H27N5O4S2. The molecule has 35 heavy (non-hydrogen) atoms. The first kappa shape index (κ1) is 25.1. The van der Waals surface area contributed by atoms with Crippen LogP contribution < -0.4 is 4.90 Å². The number of benzene rings is 2. The summed E-state index contributed by atoms with van der Waals surface area (Å²) < 4.78 is 7.17. The van der Waals surface area contributed by atoms with Crippen molar-refractivity contribution in [2.75, 3.05) is 50.0 Å². The lowest BCUT2D eigenvalue weighted by atomic mass is 10.1. The van der Waals surface area contributed by atoms with E-state index in [1.165, 1.54) is 23.1 Å². The number of thiazole rings is 1. The average molecular weight is 514 g/mol. The zero-order valence-electron chi connectivity index (χ0n) is 19.7. The Morgan fingerprint density at radius 3 is 2.74 bits per heavy atom. The SMILES string of the molecule is CCN(CC)C(=O)CSc1nc2ccc(N=Cc3ccc(N4CCOCC4)c([N+](=O)[O-])c3)cc2s1. The number of thioether (sulfide) groups is 1. The van der Waals surface area contributed by atoms with E-state index in [1.807, 2.05) is 47.9 Å². The van der Waals surface area contributed by atoms with E-state index in [2.05, 4.69) is 9.98 Å². The first-order valence-electron chi connectivity index (χ1n) is 11.4. The van der Waals surface area contributed by atoms with Crippen LogP contribution in [-0.2, 0) is 9.53 Å². The zero-order chi connectivity index (χ0) is 24.8. The Kier molecular flexibility index (Phi) is 8.32. The monoisotopic (exact) mass is 513 g/mol. The van der Waals surface area contributed by atoms with Crippen LogP contribution in [0.3, 0.4) is 0 Å². The molecule has 3 aromatic rings. The second-order valence-electron chi connectivity index (χ2n) is 7.85. The van der Waals surface area contributed by atoms with Gasteiger partial charge in [-0.2, -0.15) is 0 Å². The second kappa shape index (κ2) is 11.6. The third-order valence-corrected chi connectivity index (χ3v) is 7.84. The maximum Gasteiger partial charge on any atom is 0.293 e. The molecule has 184 valence electrons. The molecule has 1 fully saturated rings. The Hall–Kier alpha value is -3.02. The number of carbonyl (C=O) groups is 1. The molecule has 1 aliphatic rings. The lowest BCUT2D eigenvalue weighted by molar-refractivity contribution is -0.384. The van der Waals surface area contributed by atoms with E-state index >= 15 is 0 Å². The van der Waals surface area contributed by atoms with E-state index in [0.717, 1.165) is 20.2 Å². The fourth-order valence-electron chi connectivity index (χ4n) is 3.81. The smallest absolute Gasteiger partial charge is 0.293 e. The first-order chi connectivity index (χ1) is 17.0. The van der Waals surface area contributed by atoms with Crippen LogP contribution in [0.5, 0.6) is 0 Å². The van der Waals surface area contributed by atoms with Crippen LogP contribution in [0.15, 0.2) is 45.7 Å². The second-order valence-corrected chi connectivity index (χ2v) is 10.1. The normalized spacial score (nSPS) is 14.1. The van der Waals surface area contributed by atoms with Gasteiger partial charge in [0.2, 0.25) is 5.91 Å². The van der Waals surface area contributed by atoms with Crippen molar-refractivity contribution in [1.29, 1.82) is 0 Å². The zero-order valence-corrected chi connectivity index (χ0v) is 21.3. The van der Waals surface area contributed by atoms with Crippen molar-refractivity contribution < 1.29 is 14.5 Å². The van der Waals surface area contributed by atoms with Crippen molar-refractivity contribution in [3.8, 4) is 0 Å². The number of nitro groups is 1. The molecule has 0 spiro atoms. The van der Waals surface area contributed by atoms with E-state index in [1.54, 1.807) is 18.3 Å². The molecule has 0 saturated carbocycles. The van der Waals surface area contributed by atoms with Gasteiger partial charge in [-0.15, -0.1) is 11.3 Å². The predicted octanol–water partition coefficient (Wildman–Crippen LogP) is 4.75. The number of hydrogen-bond acceptors (Lipinski definition) is 9. The molecule has 0 atom stereocenters. The molecule has 2 heterocycles. The van der Waals surface area contributed by atoms with Gasteiger partial charge in [0, 0.05) is 38.5 Å². The number of rotatable bonds is 9. The van der Waals surface area contributed by atoms with Crippen molar-refractivity contribution in [2.24, 2.45) is 4.99 Å². The lowest BCUT2D eigenvalue weighted by Crippen LogP contribution is -2.36. The molecular weight excluding hydrogens is 486 g/mol. The number of amides is 1. The van der Waals surface area contributed by atoms with Crippen molar-refractivity contribution in [2.45, 2.75) is 18.2 Å². The molecule has 2 aromatic carbocycles. The number of aliphatic imine (C=N–C) groups is 1. The summed E-state index contributed by atoms with van der Waals surface area (Å²) >= 11 is 2.98. The lowest BCUT2D eigenvalue weighted by Gasteiger charge is -2.28. The molecule has 4 rings (SSSR count). The highest BCUT2D eigenvalue weighted by atomic mass is 32.2. The predicted molar refractivity (Wildman–Crippen MR) is 142 cm³/mol. The number of nitro benzene ring substituents is 1. The number of morpholine rings is 1. The van der Waals surface area contributed by atoms with Gasteiger partial charge in [-0.1, -0.05) is 17.8 Å². The fourth-order valence-corrected chi connectivity index (χ4v) is 5.82. The minimum Gasteiger partial charge on any atom is -0.378 e. The molecule has 0 bridgehead atoms. The summed E-state index contributed by atoms with van der Waals surface area (Å²) in [5.74, 6) is 0.476. The van der Waals surface area contributed by atoms with Crippen molar-refractivity contribution >= 4 is 62.5 Å². The summed E-state index contributed by atoms with van der Waals surface area (Å²) in [6.45, 7) is 7.75. The van der Waals surface area contributed by atoms with Gasteiger partial charge in [-0.3, -0.25) is 19.9 Å². The quantitative estimate of drug-likeness (QED) is 0.176. The van der Waals surface area contributed by atoms with Gasteiger partial charge in [0.25, 0.3) is 5.69 Å². The van der Waals surface area contributed by atoms with Crippen LogP contribution in [0.2, 0.25) is 0 Å². The van der Waals surface area contributed by atoms with Crippen molar-refractivity contribution in [3.63, 3.8) is 0 Å². The maximum absolute atomic E-state index is 12.3. The Balaban J connectivity index is 1.47. The standard InChI is InChI=1S/C24H27N5O4S2/c1-3-27(4-2)23(30)16-34-24-26-19-7-6-18(14-22(19)35-24)25-15-17-5-8-20(21(13-17)29(31)32)28-9-11-33-12-10-28/h5-8,13-15H,3-4,9-12,16H2,1-2H3. The van der Waals surface area contributed by atoms with Gasteiger partial charge in [-0.25, -0.2) is 4.98 Å². The maximum atomic E-state index is 12.3. The van der Waals surface area contributed by atoms with Gasteiger partial charge >= 0.3 is 0 Å². The summed E-state index contributed by atoms with van der Waals surface area (Å²) in [6.07, 6.45) is 1.64. The third-order valence-electron chi connectivity index (χ3n) is 5.70. The van der Waals surface area contributed by atoms with Crippen LogP contribution in [0, 0.1) is 10.1 Å². The first-order valence-corrected chi connectivity index (χ1v) is 13.2. The third kappa shape index (κ3) is 6.16. The van der Waals surface area contributed by atoms with Crippen LogP contribution in [-0.4, -0.2) is 72.1 Å². The van der Waals surface area contributed by atoms with E-state index in [4.69, 9.17) is 4.74 Å². The highest BCUT2D eigenvalue weighted by Crippen LogP contribution is 2.33. The number of hydrogen-bond donors (Lipinski definition) is 0. The molecule has 0 aliphatic carbocycles. The van der Waals surface area contributed by atoms with Gasteiger partial charge in [-0.05, 0) is 43.7 Å². The summed E-state index contributed by atoms with van der Waals surface area (Å²) in [5, 5.41) is 11.7. The van der Waals surface area contributed by atoms with Gasteiger partial charge in [0.05, 0.1) is 39.8 Å². The van der Waals surface area contributed by atoms with Crippen LogP contribution in [0.4, 0.5) is 17.1 Å². The van der Waals surface area contributed by atoms with E-state index in [9.17, 15) is 14.9 Å². The number of aromatic nitrogens is 1. The number of nitrogens with zero attached hydrogens (tertiary/aromatic N) is 5. The summed E-state index contributed by atoms with van der Waals surface area (Å²) in [7, 11) is 0. The van der Waals surface area contributed by atoms with Crippen molar-refractivity contribution in [1.82, 2.24) is 9.88 Å². The molecule has 9 nitrogen and oxygen atoms in total. The molecule has 11 heteroatoms. The van der Waals surface area contributed by atoms with Gasteiger partial charge < -0.3 is 14.5 Å². The fraction of sp³-hybridized carbons (Fsp3) is 0.375.